The smallest absolute Gasteiger partial charge is 0.325 e. The van der Waals surface area contributed by atoms with Crippen molar-refractivity contribution in [1.82, 2.24) is 0 Å². The lowest BCUT2D eigenvalue weighted by atomic mass is 10.0. The van der Waals surface area contributed by atoms with Gasteiger partial charge in [-0.2, -0.15) is 0 Å². The molecule has 2 rings (SSSR count). The van der Waals surface area contributed by atoms with Crippen molar-refractivity contribution in [1.29, 1.82) is 0 Å². The van der Waals surface area contributed by atoms with Crippen LogP contribution in [0, 0.1) is 0 Å². The Labute approximate surface area is 96.9 Å². The van der Waals surface area contributed by atoms with Crippen LogP contribution in [0.5, 0.6) is 11.5 Å². The fourth-order valence-electron chi connectivity index (χ4n) is 1.68. The summed E-state index contributed by atoms with van der Waals surface area (Å²) in [7, 11) is 0. The van der Waals surface area contributed by atoms with Crippen molar-refractivity contribution in [2.75, 3.05) is 13.2 Å². The molecule has 1 atom stereocenters. The second-order valence-corrected chi connectivity index (χ2v) is 3.66. The van der Waals surface area contributed by atoms with Gasteiger partial charge in [-0.25, -0.2) is 4.39 Å². The van der Waals surface area contributed by atoms with E-state index in [-0.39, 0.29) is 5.56 Å². The highest BCUT2D eigenvalue weighted by atomic mass is 19.1. The van der Waals surface area contributed by atoms with Crippen molar-refractivity contribution in [2.24, 2.45) is 5.73 Å². The number of halogens is 1. The highest BCUT2D eigenvalue weighted by Crippen LogP contribution is 2.38. The van der Waals surface area contributed by atoms with E-state index in [1.807, 2.05) is 0 Å². The van der Waals surface area contributed by atoms with Gasteiger partial charge in [-0.3, -0.25) is 4.79 Å². The summed E-state index contributed by atoms with van der Waals surface area (Å²) >= 11 is 0. The minimum absolute atomic E-state index is 0.238. The minimum Gasteiger partial charge on any atom is -0.486 e. The highest BCUT2D eigenvalue weighted by molar-refractivity contribution is 5.77. The average molecular weight is 241 g/mol. The first-order chi connectivity index (χ1) is 8.13. The van der Waals surface area contributed by atoms with Crippen LogP contribution in [0.2, 0.25) is 0 Å². The van der Waals surface area contributed by atoms with Crippen LogP contribution in [0.25, 0.3) is 0 Å². The number of hydrogen-bond acceptors (Lipinski definition) is 4. The van der Waals surface area contributed by atoms with Gasteiger partial charge in [-0.15, -0.1) is 0 Å². The van der Waals surface area contributed by atoms with Crippen LogP contribution in [0.3, 0.4) is 0 Å². The van der Waals surface area contributed by atoms with Gasteiger partial charge in [0.2, 0.25) is 0 Å². The zero-order valence-electron chi connectivity index (χ0n) is 8.98. The van der Waals surface area contributed by atoms with Crippen LogP contribution in [0.15, 0.2) is 12.1 Å². The first-order valence-corrected chi connectivity index (χ1v) is 5.10. The molecule has 0 aromatic heterocycles. The van der Waals surface area contributed by atoms with Crippen LogP contribution >= 0.6 is 0 Å². The summed E-state index contributed by atoms with van der Waals surface area (Å²) in [6.07, 6.45) is 0. The summed E-state index contributed by atoms with van der Waals surface area (Å²) in [6, 6.07) is 1.63. The van der Waals surface area contributed by atoms with Gasteiger partial charge in [0.15, 0.2) is 11.5 Å². The number of nitrogens with two attached hydrogens (primary N) is 1. The molecule has 1 aromatic carbocycles. The minimum atomic E-state index is -1.25. The molecule has 0 saturated heterocycles. The molecule has 17 heavy (non-hydrogen) atoms. The van der Waals surface area contributed by atoms with E-state index in [0.717, 1.165) is 0 Å². The third kappa shape index (κ3) is 2.16. The van der Waals surface area contributed by atoms with Gasteiger partial charge in [-0.1, -0.05) is 0 Å². The van der Waals surface area contributed by atoms with Gasteiger partial charge in [0.25, 0.3) is 0 Å². The van der Waals surface area contributed by atoms with Gasteiger partial charge in [-0.05, 0) is 17.7 Å². The number of carboxylic acids is 1. The van der Waals surface area contributed by atoms with Gasteiger partial charge in [0, 0.05) is 5.56 Å². The van der Waals surface area contributed by atoms with E-state index in [9.17, 15) is 9.18 Å². The molecule has 5 nitrogen and oxygen atoms in total. The van der Waals surface area contributed by atoms with Crippen molar-refractivity contribution >= 4 is 5.97 Å². The van der Waals surface area contributed by atoms with E-state index in [2.05, 4.69) is 0 Å². The topological polar surface area (TPSA) is 81.8 Å². The quantitative estimate of drug-likeness (QED) is 0.825. The lowest BCUT2D eigenvalue weighted by Crippen LogP contribution is -2.24. The molecule has 0 aliphatic carbocycles. The van der Waals surface area contributed by atoms with Crippen LogP contribution < -0.4 is 15.2 Å². The molecule has 0 spiro atoms. The summed E-state index contributed by atoms with van der Waals surface area (Å²) in [6.45, 7) is -0.0399. The second kappa shape index (κ2) is 4.58. The molecule has 6 heteroatoms. The zero-order chi connectivity index (χ0) is 12.4. The maximum Gasteiger partial charge on any atom is 0.325 e. The van der Waals surface area contributed by atoms with Crippen molar-refractivity contribution in [2.45, 2.75) is 12.7 Å². The van der Waals surface area contributed by atoms with Crippen LogP contribution in [0.4, 0.5) is 4.39 Å². The molecular weight excluding hydrogens is 229 g/mol. The van der Waals surface area contributed by atoms with Crippen LogP contribution in [-0.2, 0) is 11.5 Å². The molecule has 1 aliphatic heterocycles. The molecule has 1 aliphatic rings. The van der Waals surface area contributed by atoms with Gasteiger partial charge < -0.3 is 20.3 Å². The van der Waals surface area contributed by atoms with E-state index < -0.39 is 18.7 Å². The number of aliphatic carboxylic acids is 1. The fraction of sp³-hybridized carbons (Fsp3) is 0.364. The van der Waals surface area contributed by atoms with Crippen molar-refractivity contribution in [3.8, 4) is 11.5 Å². The molecule has 0 saturated carbocycles. The summed E-state index contributed by atoms with van der Waals surface area (Å²) in [5.41, 5.74) is 6.09. The Bertz CT molecular complexity index is 449. The third-order valence-electron chi connectivity index (χ3n) is 2.49. The Morgan fingerprint density at radius 2 is 2.18 bits per heavy atom. The monoisotopic (exact) mass is 241 g/mol. The Balaban J connectivity index is 2.51. The Morgan fingerprint density at radius 3 is 2.82 bits per heavy atom. The van der Waals surface area contributed by atoms with Gasteiger partial charge in [0.1, 0.15) is 25.9 Å². The highest BCUT2D eigenvalue weighted by Gasteiger charge is 2.25. The maximum atomic E-state index is 12.7. The number of carboxylic acid groups (broad SMARTS) is 1. The van der Waals surface area contributed by atoms with Crippen molar-refractivity contribution in [3.63, 3.8) is 0 Å². The Morgan fingerprint density at radius 1 is 1.47 bits per heavy atom. The average Bonchev–Trinajstić information content (AvgIpc) is 2.36. The number of hydrogen-bond donors (Lipinski definition) is 2. The molecule has 1 aromatic rings. The SMILES string of the molecule is NC(C(=O)O)c1cc(CF)cc2c1OCCO2. The van der Waals surface area contributed by atoms with E-state index in [0.29, 0.717) is 30.3 Å². The maximum absolute atomic E-state index is 12.7. The lowest BCUT2D eigenvalue weighted by molar-refractivity contribution is -0.138. The summed E-state index contributed by atoms with van der Waals surface area (Å²) < 4.78 is 23.3. The first kappa shape index (κ1) is 11.7. The first-order valence-electron chi connectivity index (χ1n) is 5.10. The fourth-order valence-corrected chi connectivity index (χ4v) is 1.68. The molecule has 1 unspecified atom stereocenters. The standard InChI is InChI=1S/C11H12FNO4/c12-5-6-3-7(9(13)11(14)15)10-8(4-6)16-1-2-17-10/h3-4,9H,1-2,5,13H2,(H,14,15). The summed E-state index contributed by atoms with van der Waals surface area (Å²) in [5.74, 6) is -0.557. The Hall–Kier alpha value is -1.82. The zero-order valence-corrected chi connectivity index (χ0v) is 8.98. The predicted octanol–water partition coefficient (Wildman–Crippen LogP) is 1.01. The molecule has 0 fully saturated rings. The molecule has 0 bridgehead atoms. The number of carbonyl (C=O) groups is 1. The lowest BCUT2D eigenvalue weighted by Gasteiger charge is -2.23. The van der Waals surface area contributed by atoms with Crippen molar-refractivity contribution < 1.29 is 23.8 Å². The number of benzene rings is 1. The molecule has 0 amide bonds. The second-order valence-electron chi connectivity index (χ2n) is 3.66. The third-order valence-corrected chi connectivity index (χ3v) is 2.49. The molecule has 0 radical (unpaired) electrons. The number of ether oxygens (including phenoxy) is 2. The van der Waals surface area contributed by atoms with E-state index in [4.69, 9.17) is 20.3 Å². The summed E-state index contributed by atoms with van der Waals surface area (Å²) in [4.78, 5) is 10.9. The molecular formula is C11H12FNO4. The number of fused-ring (bicyclic) bond motifs is 1. The van der Waals surface area contributed by atoms with Crippen LogP contribution in [0.1, 0.15) is 17.2 Å². The number of alkyl halides is 1. The largest absolute Gasteiger partial charge is 0.486 e. The van der Waals surface area contributed by atoms with Crippen molar-refractivity contribution in [3.05, 3.63) is 23.3 Å². The van der Waals surface area contributed by atoms with Gasteiger partial charge in [0.05, 0.1) is 0 Å². The normalized spacial score (nSPS) is 15.4. The van der Waals surface area contributed by atoms with E-state index in [1.54, 1.807) is 0 Å². The molecule has 1 heterocycles. The van der Waals surface area contributed by atoms with E-state index in [1.165, 1.54) is 12.1 Å². The predicted molar refractivity (Wildman–Crippen MR) is 56.8 cm³/mol. The van der Waals surface area contributed by atoms with Crippen LogP contribution in [-0.4, -0.2) is 24.3 Å². The molecule has 3 N–H and O–H groups in total. The summed E-state index contributed by atoms with van der Waals surface area (Å²) in [5, 5.41) is 8.89. The van der Waals surface area contributed by atoms with Gasteiger partial charge >= 0.3 is 5.97 Å². The van der Waals surface area contributed by atoms with E-state index >= 15 is 0 Å². The Kier molecular flexibility index (Phi) is 3.14. The molecule has 92 valence electrons. The number of rotatable bonds is 3.